The molecule has 1 unspecified atom stereocenters. The van der Waals surface area contributed by atoms with Gasteiger partial charge in [-0.2, -0.15) is 0 Å². The zero-order chi connectivity index (χ0) is 18.6. The van der Waals surface area contributed by atoms with Gasteiger partial charge in [0.15, 0.2) is 0 Å². The average molecular weight is 375 g/mol. The molecule has 1 aromatic heterocycles. The van der Waals surface area contributed by atoms with E-state index in [0.717, 1.165) is 29.8 Å². The van der Waals surface area contributed by atoms with Crippen molar-refractivity contribution in [1.29, 1.82) is 0 Å². The molecule has 0 bridgehead atoms. The van der Waals surface area contributed by atoms with Crippen molar-refractivity contribution >= 4 is 23.3 Å². The van der Waals surface area contributed by atoms with E-state index < -0.39 is 0 Å². The quantitative estimate of drug-likeness (QED) is 0.604. The molecule has 0 fully saturated rings. The van der Waals surface area contributed by atoms with Gasteiger partial charge in [0.05, 0.1) is 13.2 Å². The van der Waals surface area contributed by atoms with Gasteiger partial charge < -0.3 is 9.64 Å². The summed E-state index contributed by atoms with van der Waals surface area (Å²) < 4.78 is 5.28. The Bertz CT molecular complexity index is 944. The third kappa shape index (κ3) is 3.67. The minimum absolute atomic E-state index is 0.0384. The van der Waals surface area contributed by atoms with Crippen LogP contribution in [-0.4, -0.2) is 24.5 Å². The van der Waals surface area contributed by atoms with Gasteiger partial charge in [0.1, 0.15) is 5.75 Å². The predicted molar refractivity (Wildman–Crippen MR) is 110 cm³/mol. The van der Waals surface area contributed by atoms with Gasteiger partial charge in [-0.25, -0.2) is 0 Å². The highest BCUT2D eigenvalue weighted by Crippen LogP contribution is 2.38. The second-order valence-corrected chi connectivity index (χ2v) is 7.50. The minimum atomic E-state index is -0.0566. The molecule has 1 aliphatic heterocycles. The van der Waals surface area contributed by atoms with E-state index in [1.807, 2.05) is 53.4 Å². The third-order valence-corrected chi connectivity index (χ3v) is 5.89. The van der Waals surface area contributed by atoms with Crippen LogP contribution < -0.4 is 4.74 Å². The Morgan fingerprint density at radius 2 is 1.89 bits per heavy atom. The van der Waals surface area contributed by atoms with E-state index in [-0.39, 0.29) is 11.9 Å². The number of thiophene rings is 1. The molecule has 0 spiro atoms. The van der Waals surface area contributed by atoms with E-state index in [1.165, 1.54) is 10.4 Å². The maximum atomic E-state index is 13.0. The largest absolute Gasteiger partial charge is 0.497 e. The lowest BCUT2D eigenvalue weighted by atomic mass is 9.93. The monoisotopic (exact) mass is 375 g/mol. The SMILES string of the molecule is COc1ccc(C2c3ccsc3CCN2C(=O)C=Cc2ccccc2)cc1. The second-order valence-electron chi connectivity index (χ2n) is 6.50. The van der Waals surface area contributed by atoms with Crippen LogP contribution >= 0.6 is 11.3 Å². The fourth-order valence-electron chi connectivity index (χ4n) is 3.53. The molecule has 1 aliphatic rings. The highest BCUT2D eigenvalue weighted by atomic mass is 32.1. The number of carbonyl (C=O) groups is 1. The lowest BCUT2D eigenvalue weighted by molar-refractivity contribution is -0.127. The van der Waals surface area contributed by atoms with Gasteiger partial charge in [0.25, 0.3) is 0 Å². The van der Waals surface area contributed by atoms with Crippen molar-refractivity contribution in [3.8, 4) is 5.75 Å². The van der Waals surface area contributed by atoms with Crippen molar-refractivity contribution in [2.75, 3.05) is 13.7 Å². The van der Waals surface area contributed by atoms with Crippen LogP contribution in [0.15, 0.2) is 72.1 Å². The van der Waals surface area contributed by atoms with Crippen molar-refractivity contribution < 1.29 is 9.53 Å². The van der Waals surface area contributed by atoms with Gasteiger partial charge in [-0.05, 0) is 52.8 Å². The fourth-order valence-corrected chi connectivity index (χ4v) is 4.43. The van der Waals surface area contributed by atoms with Crippen LogP contribution in [0.2, 0.25) is 0 Å². The van der Waals surface area contributed by atoms with Gasteiger partial charge in [-0.1, -0.05) is 42.5 Å². The van der Waals surface area contributed by atoms with E-state index in [2.05, 4.69) is 23.6 Å². The van der Waals surface area contributed by atoms with Gasteiger partial charge in [0.2, 0.25) is 5.91 Å². The Labute approximate surface area is 163 Å². The number of rotatable bonds is 4. The number of hydrogen-bond acceptors (Lipinski definition) is 3. The number of benzene rings is 2. The minimum Gasteiger partial charge on any atom is -0.497 e. The van der Waals surface area contributed by atoms with E-state index >= 15 is 0 Å². The number of nitrogens with zero attached hydrogens (tertiary/aromatic N) is 1. The Balaban J connectivity index is 1.65. The number of hydrogen-bond donors (Lipinski definition) is 0. The zero-order valence-electron chi connectivity index (χ0n) is 15.2. The summed E-state index contributed by atoms with van der Waals surface area (Å²) in [5, 5.41) is 2.12. The summed E-state index contributed by atoms with van der Waals surface area (Å²) in [7, 11) is 1.66. The molecule has 3 aromatic rings. The molecule has 4 rings (SSSR count). The van der Waals surface area contributed by atoms with E-state index in [0.29, 0.717) is 0 Å². The normalized spacial score (nSPS) is 16.3. The zero-order valence-corrected chi connectivity index (χ0v) is 16.0. The van der Waals surface area contributed by atoms with Crippen LogP contribution in [0, 0.1) is 0 Å². The highest BCUT2D eigenvalue weighted by molar-refractivity contribution is 7.10. The predicted octanol–water partition coefficient (Wildman–Crippen LogP) is 4.94. The number of methoxy groups -OCH3 is 1. The second kappa shape index (κ2) is 7.80. The van der Waals surface area contributed by atoms with Gasteiger partial charge in [0, 0.05) is 17.5 Å². The molecule has 0 saturated carbocycles. The van der Waals surface area contributed by atoms with Crippen LogP contribution in [0.3, 0.4) is 0 Å². The number of carbonyl (C=O) groups excluding carboxylic acids is 1. The Morgan fingerprint density at radius 3 is 2.63 bits per heavy atom. The lowest BCUT2D eigenvalue weighted by Crippen LogP contribution is -2.39. The first kappa shape index (κ1) is 17.6. The first-order valence-corrected chi connectivity index (χ1v) is 9.88. The third-order valence-electron chi connectivity index (χ3n) is 4.90. The molecule has 3 nitrogen and oxygen atoms in total. The molecular formula is C23H21NO2S. The summed E-state index contributed by atoms with van der Waals surface area (Å²) in [6.07, 6.45) is 4.48. The first-order chi connectivity index (χ1) is 13.3. The molecule has 1 amide bonds. The average Bonchev–Trinajstić information content (AvgIpc) is 3.21. The molecule has 0 radical (unpaired) electrons. The molecular weight excluding hydrogens is 354 g/mol. The Hall–Kier alpha value is -2.85. The van der Waals surface area contributed by atoms with Gasteiger partial charge in [-0.3, -0.25) is 4.79 Å². The molecule has 0 saturated heterocycles. The van der Waals surface area contributed by atoms with E-state index in [1.54, 1.807) is 24.5 Å². The molecule has 2 heterocycles. The van der Waals surface area contributed by atoms with Crippen molar-refractivity contribution in [1.82, 2.24) is 4.90 Å². The topological polar surface area (TPSA) is 29.5 Å². The lowest BCUT2D eigenvalue weighted by Gasteiger charge is -2.35. The molecule has 2 aromatic carbocycles. The van der Waals surface area contributed by atoms with Gasteiger partial charge >= 0.3 is 0 Å². The van der Waals surface area contributed by atoms with Crippen molar-refractivity contribution in [2.24, 2.45) is 0 Å². The summed E-state index contributed by atoms with van der Waals surface area (Å²) in [6, 6.07) is 20.0. The van der Waals surface area contributed by atoms with Crippen LogP contribution in [0.1, 0.15) is 27.6 Å². The number of amides is 1. The Kier molecular flexibility index (Phi) is 5.07. The smallest absolute Gasteiger partial charge is 0.247 e. The summed E-state index contributed by atoms with van der Waals surface area (Å²) in [5.41, 5.74) is 3.37. The van der Waals surface area contributed by atoms with Crippen molar-refractivity contribution in [3.63, 3.8) is 0 Å². The Morgan fingerprint density at radius 1 is 1.11 bits per heavy atom. The maximum absolute atomic E-state index is 13.0. The molecule has 1 atom stereocenters. The van der Waals surface area contributed by atoms with E-state index in [4.69, 9.17) is 4.74 Å². The number of fused-ring (bicyclic) bond motifs is 1. The summed E-state index contributed by atoms with van der Waals surface area (Å²) in [5.74, 6) is 0.860. The van der Waals surface area contributed by atoms with Crippen molar-refractivity contribution in [2.45, 2.75) is 12.5 Å². The molecule has 27 heavy (non-hydrogen) atoms. The summed E-state index contributed by atoms with van der Waals surface area (Å²) in [4.78, 5) is 16.4. The summed E-state index contributed by atoms with van der Waals surface area (Å²) >= 11 is 1.77. The molecule has 4 heteroatoms. The highest BCUT2D eigenvalue weighted by Gasteiger charge is 2.31. The van der Waals surface area contributed by atoms with Crippen molar-refractivity contribution in [3.05, 3.63) is 93.7 Å². The fraction of sp³-hybridized carbons (Fsp3) is 0.174. The molecule has 136 valence electrons. The van der Waals surface area contributed by atoms with E-state index in [9.17, 15) is 4.79 Å². The maximum Gasteiger partial charge on any atom is 0.247 e. The standard InChI is InChI=1S/C23H21NO2S/c1-26-19-10-8-18(9-11-19)23-20-14-16-27-21(20)13-15-24(23)22(25)12-7-17-5-3-2-4-6-17/h2-12,14,16,23H,13,15H2,1H3. The van der Waals surface area contributed by atoms with Crippen LogP contribution in [0.4, 0.5) is 0 Å². The molecule has 0 aliphatic carbocycles. The number of ether oxygens (including phenoxy) is 1. The van der Waals surface area contributed by atoms with Gasteiger partial charge in [-0.15, -0.1) is 11.3 Å². The molecule has 0 N–H and O–H groups in total. The van der Waals surface area contributed by atoms with Crippen LogP contribution in [0.25, 0.3) is 6.08 Å². The van der Waals surface area contributed by atoms with Crippen LogP contribution in [-0.2, 0) is 11.2 Å². The summed E-state index contributed by atoms with van der Waals surface area (Å²) in [6.45, 7) is 0.724. The first-order valence-electron chi connectivity index (χ1n) is 9.00. The van der Waals surface area contributed by atoms with Crippen LogP contribution in [0.5, 0.6) is 5.75 Å².